The molecule has 0 bridgehead atoms. The Balaban J connectivity index is 5.94. The number of Topliss-reactive ketones (excluding diaryl/α,β-unsaturated/α-hetero) is 3. The first-order valence-corrected chi connectivity index (χ1v) is 14.7. The molecule has 10 heteroatoms. The molecule has 0 aliphatic heterocycles. The molecule has 0 amide bonds. The van der Waals surface area contributed by atoms with Gasteiger partial charge >= 0.3 is 15.1 Å². The monoisotopic (exact) mass is 648 g/mol. The van der Waals surface area contributed by atoms with Gasteiger partial charge in [0.2, 0.25) is 0 Å². The molecule has 0 aliphatic rings. The van der Waals surface area contributed by atoms with E-state index in [1.807, 2.05) is 0 Å². The molecule has 6 nitrogen and oxygen atoms in total. The Labute approximate surface area is 217 Å². The van der Waals surface area contributed by atoms with E-state index in [4.69, 9.17) is 11.4 Å². The average Bonchev–Trinajstić information content (AvgIpc) is 2.68. The second kappa shape index (κ2) is 13.1. The molecule has 0 heterocycles. The van der Waals surface area contributed by atoms with E-state index in [-0.39, 0.29) is 17.3 Å². The Bertz CT molecular complexity index is 553. The van der Waals surface area contributed by atoms with Crippen LogP contribution in [0.15, 0.2) is 0 Å². The normalized spacial score (nSPS) is 15.9. The molecule has 0 radical (unpaired) electrons. The van der Waals surface area contributed by atoms with Gasteiger partial charge in [-0.25, -0.2) is 0 Å². The van der Waals surface area contributed by atoms with Gasteiger partial charge in [-0.2, -0.15) is 0 Å². The fourth-order valence-electron chi connectivity index (χ4n) is 2.70. The summed E-state index contributed by atoms with van der Waals surface area (Å²) in [6.07, 6.45) is 1.07. The predicted octanol–water partition coefficient (Wildman–Crippen LogP) is 5.58. The van der Waals surface area contributed by atoms with E-state index >= 15 is 0 Å². The first-order chi connectivity index (χ1) is 14.0. The molecule has 3 atom stereocenters. The number of carbonyl (C=O) groups excluding carboxylic acids is 3. The molecular formula is C21H36AlBr3O6. The van der Waals surface area contributed by atoms with E-state index in [9.17, 15) is 14.4 Å². The maximum absolute atomic E-state index is 12.3. The van der Waals surface area contributed by atoms with Crippen molar-refractivity contribution < 1.29 is 25.7 Å². The first-order valence-electron chi connectivity index (χ1n) is 10.5. The lowest BCUT2D eigenvalue weighted by Gasteiger charge is -2.40. The zero-order chi connectivity index (χ0) is 24.8. The van der Waals surface area contributed by atoms with Crippen LogP contribution in [0.5, 0.6) is 0 Å². The molecule has 0 saturated heterocycles. The molecule has 0 spiro atoms. The van der Waals surface area contributed by atoms with Gasteiger partial charge in [-0.05, 0) is 41.5 Å². The Morgan fingerprint density at radius 3 is 0.968 bits per heavy atom. The first kappa shape index (κ1) is 31.9. The smallest absolute Gasteiger partial charge is 0.448 e. The topological polar surface area (TPSA) is 78.9 Å². The Hall–Kier alpha value is 0.862. The largest absolute Gasteiger partial charge is 0.906 e. The molecule has 0 N–H and O–H groups in total. The van der Waals surface area contributed by atoms with Crippen LogP contribution in [0.25, 0.3) is 0 Å². The van der Waals surface area contributed by atoms with Crippen LogP contribution in [0.2, 0.25) is 0 Å². The maximum atomic E-state index is 12.3. The summed E-state index contributed by atoms with van der Waals surface area (Å²) in [5.74, 6) is -0.0130. The van der Waals surface area contributed by atoms with Gasteiger partial charge in [-0.3, -0.25) is 14.4 Å². The summed E-state index contributed by atoms with van der Waals surface area (Å²) in [5.41, 5.74) is -2.78. The number of hydrogen-bond acceptors (Lipinski definition) is 6. The molecule has 0 fully saturated rings. The molecular weight excluding hydrogens is 615 g/mol. The third kappa shape index (κ3) is 9.56. The molecule has 0 rings (SSSR count). The minimum atomic E-state index is -2.98. The van der Waals surface area contributed by atoms with Crippen LogP contribution in [0.4, 0.5) is 0 Å². The second-order valence-corrected chi connectivity index (χ2v) is 13.0. The minimum Gasteiger partial charge on any atom is -0.448 e. The van der Waals surface area contributed by atoms with Gasteiger partial charge in [-0.1, -0.05) is 68.6 Å². The van der Waals surface area contributed by atoms with Crippen LogP contribution < -0.4 is 0 Å². The van der Waals surface area contributed by atoms with Crippen LogP contribution >= 0.6 is 47.8 Å². The highest BCUT2D eigenvalue weighted by molar-refractivity contribution is 9.10. The SMILES string of the molecule is CCC(=O)C(Br)C(C)(C)[O][Al]([O]C(C)(C)C(Br)C(=O)CC)[O]C(C)(C)C(Br)C(=O)CC. The summed E-state index contributed by atoms with van der Waals surface area (Å²) in [6.45, 7) is 16.1. The highest BCUT2D eigenvalue weighted by Crippen LogP contribution is 2.33. The Morgan fingerprint density at radius 1 is 0.613 bits per heavy atom. The number of carbonyl (C=O) groups is 3. The van der Waals surface area contributed by atoms with E-state index < -0.39 is 46.4 Å². The third-order valence-corrected chi connectivity index (χ3v) is 12.2. The van der Waals surface area contributed by atoms with E-state index in [0.717, 1.165) is 0 Å². The molecule has 0 aliphatic carbocycles. The van der Waals surface area contributed by atoms with Crippen LogP contribution in [0.1, 0.15) is 81.6 Å². The molecule has 180 valence electrons. The number of halogens is 3. The summed E-state index contributed by atoms with van der Waals surface area (Å²) >= 11 is 7.37. The summed E-state index contributed by atoms with van der Waals surface area (Å²) in [6, 6.07) is 0. The van der Waals surface area contributed by atoms with Crippen molar-refractivity contribution in [2.75, 3.05) is 0 Å². The second-order valence-electron chi connectivity index (χ2n) is 9.00. The average molecular weight is 651 g/mol. The number of rotatable bonds is 15. The highest BCUT2D eigenvalue weighted by atomic mass is 79.9. The summed E-state index contributed by atoms with van der Waals surface area (Å²) in [7, 11) is 0. The van der Waals surface area contributed by atoms with Crippen LogP contribution in [0, 0.1) is 0 Å². The van der Waals surface area contributed by atoms with Crippen molar-refractivity contribution in [1.29, 1.82) is 0 Å². The predicted molar refractivity (Wildman–Crippen MR) is 135 cm³/mol. The van der Waals surface area contributed by atoms with E-state index in [2.05, 4.69) is 47.8 Å². The summed E-state index contributed by atoms with van der Waals surface area (Å²) < 4.78 is 18.9. The van der Waals surface area contributed by atoms with Crippen molar-refractivity contribution in [1.82, 2.24) is 0 Å². The van der Waals surface area contributed by atoms with Crippen molar-refractivity contribution in [2.45, 2.75) is 113 Å². The Morgan fingerprint density at radius 2 is 0.806 bits per heavy atom. The van der Waals surface area contributed by atoms with Gasteiger partial charge in [0.05, 0.1) is 31.3 Å². The Kier molecular flexibility index (Phi) is 13.4. The van der Waals surface area contributed by atoms with E-state index in [0.29, 0.717) is 19.3 Å². The number of hydrogen-bond donors (Lipinski definition) is 0. The lowest BCUT2D eigenvalue weighted by Crippen LogP contribution is -2.55. The summed E-state index contributed by atoms with van der Waals surface area (Å²) in [4.78, 5) is 35.2. The number of alkyl halides is 3. The van der Waals surface area contributed by atoms with Crippen LogP contribution in [-0.4, -0.2) is 63.8 Å². The lowest BCUT2D eigenvalue weighted by atomic mass is 10.0. The molecule has 0 aromatic carbocycles. The number of ketones is 3. The molecule has 0 saturated carbocycles. The van der Waals surface area contributed by atoms with Gasteiger partial charge < -0.3 is 11.4 Å². The lowest BCUT2D eigenvalue weighted by molar-refractivity contribution is -0.125. The van der Waals surface area contributed by atoms with Gasteiger partial charge in [0.1, 0.15) is 17.3 Å². The maximum Gasteiger partial charge on any atom is 0.906 e. The molecule has 0 aromatic heterocycles. The van der Waals surface area contributed by atoms with Gasteiger partial charge in [0.25, 0.3) is 0 Å². The fourth-order valence-corrected chi connectivity index (χ4v) is 6.63. The fraction of sp³-hybridized carbons (Fsp3) is 0.857. The van der Waals surface area contributed by atoms with Crippen molar-refractivity contribution in [3.05, 3.63) is 0 Å². The minimum absolute atomic E-state index is 0.00433. The van der Waals surface area contributed by atoms with Crippen molar-refractivity contribution in [2.24, 2.45) is 0 Å². The molecule has 31 heavy (non-hydrogen) atoms. The van der Waals surface area contributed by atoms with Crippen molar-refractivity contribution in [3.63, 3.8) is 0 Å². The van der Waals surface area contributed by atoms with Crippen LogP contribution in [-0.2, 0) is 25.7 Å². The quantitative estimate of drug-likeness (QED) is 0.170. The van der Waals surface area contributed by atoms with Crippen molar-refractivity contribution in [3.8, 4) is 0 Å². The highest BCUT2D eigenvalue weighted by Gasteiger charge is 2.51. The van der Waals surface area contributed by atoms with Crippen LogP contribution in [0.3, 0.4) is 0 Å². The third-order valence-electron chi connectivity index (χ3n) is 4.92. The molecule has 0 aromatic rings. The zero-order valence-corrected chi connectivity index (χ0v) is 25.9. The zero-order valence-electron chi connectivity index (χ0n) is 20.0. The van der Waals surface area contributed by atoms with E-state index in [1.54, 1.807) is 62.3 Å². The van der Waals surface area contributed by atoms with Gasteiger partial charge in [-0.15, -0.1) is 0 Å². The standard InChI is InChI=1S/3C7H12BrO2.Al/c3*1-4-5(9)6(8)7(2,3)10;/h3*6H,4H2,1-3H3;/q3*-1;+3. The summed E-state index contributed by atoms with van der Waals surface area (Å²) in [5, 5.41) is 0. The van der Waals surface area contributed by atoms with Gasteiger partial charge in [0.15, 0.2) is 0 Å². The molecule has 3 unspecified atom stereocenters. The van der Waals surface area contributed by atoms with Crippen molar-refractivity contribution >= 4 is 80.3 Å². The van der Waals surface area contributed by atoms with E-state index in [1.165, 1.54) is 0 Å². The van der Waals surface area contributed by atoms with Gasteiger partial charge in [0, 0.05) is 19.3 Å².